The Hall–Kier alpha value is -2.15. The van der Waals surface area contributed by atoms with Crippen LogP contribution in [-0.2, 0) is 0 Å². The van der Waals surface area contributed by atoms with Crippen molar-refractivity contribution in [2.24, 2.45) is 5.92 Å². The van der Waals surface area contributed by atoms with Gasteiger partial charge in [-0.2, -0.15) is 5.26 Å². The molecule has 92 valence electrons. The second-order valence-electron chi connectivity index (χ2n) is 4.70. The van der Waals surface area contributed by atoms with Gasteiger partial charge in [0.2, 0.25) is 0 Å². The summed E-state index contributed by atoms with van der Waals surface area (Å²) in [5.41, 5.74) is 2.59. The molecule has 0 aromatic heterocycles. The van der Waals surface area contributed by atoms with E-state index in [1.165, 1.54) is 4.90 Å². The summed E-state index contributed by atoms with van der Waals surface area (Å²) in [6.45, 7) is 5.49. The average molecular weight is 242 g/mol. The number of nitriles is 1. The lowest BCUT2D eigenvalue weighted by Gasteiger charge is -2.14. The lowest BCUT2D eigenvalue weighted by Crippen LogP contribution is -2.33. The molecule has 0 fully saturated rings. The van der Waals surface area contributed by atoms with Gasteiger partial charge in [0.15, 0.2) is 0 Å². The van der Waals surface area contributed by atoms with Gasteiger partial charge in [0, 0.05) is 6.54 Å². The molecule has 4 heteroatoms. The molecule has 0 spiro atoms. The first-order chi connectivity index (χ1) is 8.47. The molecule has 1 aromatic rings. The molecule has 1 aromatic carbocycles. The van der Waals surface area contributed by atoms with Gasteiger partial charge in [-0.05, 0) is 31.9 Å². The molecule has 1 unspecified atom stereocenters. The molecule has 0 saturated carbocycles. The van der Waals surface area contributed by atoms with Crippen LogP contribution in [0.1, 0.15) is 38.8 Å². The van der Waals surface area contributed by atoms with Crippen LogP contribution in [0.25, 0.3) is 0 Å². The first kappa shape index (κ1) is 12.3. The monoisotopic (exact) mass is 242 g/mol. The Morgan fingerprint density at radius 1 is 1.17 bits per heavy atom. The molecule has 0 bridgehead atoms. The fourth-order valence-corrected chi connectivity index (χ4v) is 2.20. The van der Waals surface area contributed by atoms with Gasteiger partial charge < -0.3 is 0 Å². The Morgan fingerprint density at radius 3 is 2.00 bits per heavy atom. The van der Waals surface area contributed by atoms with Crippen molar-refractivity contribution in [3.05, 3.63) is 34.4 Å². The van der Waals surface area contributed by atoms with Crippen molar-refractivity contribution in [2.45, 2.75) is 20.8 Å². The number of carbonyl (C=O) groups is 2. The van der Waals surface area contributed by atoms with E-state index in [1.54, 1.807) is 6.92 Å². The molecule has 1 aliphatic heterocycles. The number of hydrogen-bond donors (Lipinski definition) is 0. The lowest BCUT2D eigenvalue weighted by molar-refractivity contribution is 0.0642. The molecule has 1 aliphatic rings. The highest BCUT2D eigenvalue weighted by Crippen LogP contribution is 2.28. The minimum atomic E-state index is -0.354. The number of nitrogens with zero attached hydrogens (tertiary/aromatic N) is 2. The van der Waals surface area contributed by atoms with E-state index < -0.39 is 0 Å². The van der Waals surface area contributed by atoms with Crippen LogP contribution in [0.4, 0.5) is 0 Å². The Kier molecular flexibility index (Phi) is 2.92. The Balaban J connectivity index is 2.48. The van der Waals surface area contributed by atoms with Crippen molar-refractivity contribution in [1.82, 2.24) is 4.90 Å². The molecule has 2 amide bonds. The predicted octanol–water partition coefficient (Wildman–Crippen LogP) is 2.06. The molecule has 4 nitrogen and oxygen atoms in total. The van der Waals surface area contributed by atoms with Crippen molar-refractivity contribution in [3.63, 3.8) is 0 Å². The van der Waals surface area contributed by atoms with Crippen LogP contribution >= 0.6 is 0 Å². The third-order valence-corrected chi connectivity index (χ3v) is 3.22. The molecular formula is C14H14N2O2. The first-order valence-corrected chi connectivity index (χ1v) is 5.83. The van der Waals surface area contributed by atoms with Crippen LogP contribution in [0.5, 0.6) is 0 Å². The van der Waals surface area contributed by atoms with E-state index >= 15 is 0 Å². The normalized spacial score (nSPS) is 15.6. The molecule has 18 heavy (non-hydrogen) atoms. The number of fused-ring (bicyclic) bond motifs is 1. The molecule has 1 atom stereocenters. The van der Waals surface area contributed by atoms with E-state index in [0.29, 0.717) is 11.1 Å². The van der Waals surface area contributed by atoms with Gasteiger partial charge in [0.25, 0.3) is 11.8 Å². The summed E-state index contributed by atoms with van der Waals surface area (Å²) >= 11 is 0. The van der Waals surface area contributed by atoms with Crippen LogP contribution in [0.3, 0.4) is 0 Å². The minimum absolute atomic E-state index is 0.154. The number of rotatable bonds is 2. The smallest absolute Gasteiger partial charge is 0.261 e. The van der Waals surface area contributed by atoms with E-state index in [4.69, 9.17) is 5.26 Å². The van der Waals surface area contributed by atoms with Crippen LogP contribution in [0, 0.1) is 31.1 Å². The number of imide groups is 1. The molecule has 0 radical (unpaired) electrons. The highest BCUT2D eigenvalue weighted by atomic mass is 16.2. The van der Waals surface area contributed by atoms with Crippen LogP contribution in [0.15, 0.2) is 12.1 Å². The predicted molar refractivity (Wildman–Crippen MR) is 66.1 cm³/mol. The van der Waals surface area contributed by atoms with Crippen molar-refractivity contribution >= 4 is 11.8 Å². The summed E-state index contributed by atoms with van der Waals surface area (Å²) in [6, 6.07) is 5.73. The summed E-state index contributed by atoms with van der Waals surface area (Å²) in [4.78, 5) is 25.6. The second-order valence-corrected chi connectivity index (χ2v) is 4.70. The summed E-state index contributed by atoms with van der Waals surface area (Å²) in [6.07, 6.45) is 0. The van der Waals surface area contributed by atoms with Crippen molar-refractivity contribution in [3.8, 4) is 6.07 Å². The first-order valence-electron chi connectivity index (χ1n) is 5.83. The summed E-state index contributed by atoms with van der Waals surface area (Å²) in [5.74, 6) is -0.913. The maximum absolute atomic E-state index is 12.2. The third-order valence-electron chi connectivity index (χ3n) is 3.22. The van der Waals surface area contributed by atoms with Crippen LogP contribution in [-0.4, -0.2) is 23.3 Å². The highest BCUT2D eigenvalue weighted by molar-refractivity contribution is 6.22. The fourth-order valence-electron chi connectivity index (χ4n) is 2.20. The number of benzene rings is 1. The van der Waals surface area contributed by atoms with Crippen molar-refractivity contribution in [1.29, 1.82) is 5.26 Å². The lowest BCUT2D eigenvalue weighted by atomic mass is 9.99. The van der Waals surface area contributed by atoms with Gasteiger partial charge in [-0.15, -0.1) is 0 Å². The zero-order valence-electron chi connectivity index (χ0n) is 10.7. The number of carbonyl (C=O) groups excluding carboxylic acids is 2. The van der Waals surface area contributed by atoms with Gasteiger partial charge in [0.05, 0.1) is 23.1 Å². The zero-order chi connectivity index (χ0) is 13.4. The summed E-state index contributed by atoms with van der Waals surface area (Å²) < 4.78 is 0. The van der Waals surface area contributed by atoms with Gasteiger partial charge >= 0.3 is 0 Å². The second kappa shape index (κ2) is 4.26. The molecule has 0 saturated heterocycles. The highest BCUT2D eigenvalue weighted by Gasteiger charge is 2.38. The maximum atomic E-state index is 12.2. The van der Waals surface area contributed by atoms with Crippen molar-refractivity contribution in [2.75, 3.05) is 6.54 Å². The SMILES string of the molecule is Cc1ccc(C)c2c1C(=O)N(CC(C)C#N)C2=O. The third kappa shape index (κ3) is 1.68. The topological polar surface area (TPSA) is 61.2 Å². The average Bonchev–Trinajstić information content (AvgIpc) is 2.59. The summed E-state index contributed by atoms with van der Waals surface area (Å²) in [5, 5.41) is 8.79. The largest absolute Gasteiger partial charge is 0.273 e. The van der Waals surface area contributed by atoms with Crippen LogP contribution < -0.4 is 0 Å². The van der Waals surface area contributed by atoms with Crippen molar-refractivity contribution < 1.29 is 9.59 Å². The Morgan fingerprint density at radius 2 is 1.61 bits per heavy atom. The standard InChI is InChI=1S/C14H14N2O2/c1-8(6-15)7-16-13(17)11-9(2)4-5-10(3)12(11)14(16)18/h4-5,8H,7H2,1-3H3. The van der Waals surface area contributed by atoms with E-state index in [2.05, 4.69) is 0 Å². The van der Waals surface area contributed by atoms with Gasteiger partial charge in [-0.25, -0.2) is 0 Å². The van der Waals surface area contributed by atoms with Gasteiger partial charge in [-0.1, -0.05) is 12.1 Å². The molecule has 2 rings (SSSR count). The maximum Gasteiger partial charge on any atom is 0.261 e. The summed E-state index contributed by atoms with van der Waals surface area (Å²) in [7, 11) is 0. The van der Waals surface area contributed by atoms with E-state index in [0.717, 1.165) is 11.1 Å². The van der Waals surface area contributed by atoms with E-state index in [1.807, 2.05) is 32.0 Å². The molecule has 0 aliphatic carbocycles. The number of amides is 2. The number of hydrogen-bond acceptors (Lipinski definition) is 3. The Labute approximate surface area is 106 Å². The fraction of sp³-hybridized carbons (Fsp3) is 0.357. The zero-order valence-corrected chi connectivity index (χ0v) is 10.7. The molecular weight excluding hydrogens is 228 g/mol. The van der Waals surface area contributed by atoms with E-state index in [-0.39, 0.29) is 24.3 Å². The Bertz CT molecular complexity index is 543. The minimum Gasteiger partial charge on any atom is -0.273 e. The van der Waals surface area contributed by atoms with E-state index in [9.17, 15) is 9.59 Å². The van der Waals surface area contributed by atoms with Crippen LogP contribution in [0.2, 0.25) is 0 Å². The van der Waals surface area contributed by atoms with Gasteiger partial charge in [0.1, 0.15) is 0 Å². The molecule has 1 heterocycles. The quantitative estimate of drug-likeness (QED) is 0.746. The molecule has 0 N–H and O–H groups in total. The van der Waals surface area contributed by atoms with Gasteiger partial charge in [-0.3, -0.25) is 14.5 Å². The number of aryl methyl sites for hydroxylation is 2.